The van der Waals surface area contributed by atoms with Crippen LogP contribution in [0.5, 0.6) is 5.75 Å². The Hall–Kier alpha value is -2.22. The highest BCUT2D eigenvalue weighted by atomic mass is 16.5. The summed E-state index contributed by atoms with van der Waals surface area (Å²) in [6, 6.07) is 9.90. The van der Waals surface area contributed by atoms with E-state index in [2.05, 4.69) is 13.8 Å². The molecule has 0 aliphatic rings. The average Bonchev–Trinajstić information content (AvgIpc) is 2.30. The van der Waals surface area contributed by atoms with Gasteiger partial charge in [-0.3, -0.25) is 0 Å². The number of hydrogen-bond donors (Lipinski definition) is 2. The highest BCUT2D eigenvalue weighted by Gasteiger charge is 1.94. The summed E-state index contributed by atoms with van der Waals surface area (Å²) in [4.78, 5) is 16.7. The average molecular weight is 236 g/mol. The summed E-state index contributed by atoms with van der Waals surface area (Å²) < 4.78 is 5.47. The molecule has 1 aromatic rings. The first-order valence-corrected chi connectivity index (χ1v) is 4.87. The molecule has 0 fully saturated rings. The second-order valence-electron chi connectivity index (χ2n) is 3.22. The standard InChI is InChI=1S/C10H14O.2CHNO/c1-9(2)8-11-10-6-4-3-5-7-10;2*2-1-3/h3-7,9H,8H2,1-2H3;2*2H. The lowest BCUT2D eigenvalue weighted by Gasteiger charge is -2.07. The van der Waals surface area contributed by atoms with E-state index in [9.17, 15) is 0 Å². The Morgan fingerprint density at radius 2 is 1.53 bits per heavy atom. The van der Waals surface area contributed by atoms with Crippen LogP contribution in [0.25, 0.3) is 0 Å². The highest BCUT2D eigenvalue weighted by molar-refractivity contribution is 5.26. The second kappa shape index (κ2) is 13.8. The SMILES string of the molecule is CC(C)COc1ccccc1.N=C=O.N=C=O. The van der Waals surface area contributed by atoms with E-state index in [4.69, 9.17) is 25.1 Å². The molecule has 0 aliphatic heterocycles. The van der Waals surface area contributed by atoms with Gasteiger partial charge in [0.25, 0.3) is 0 Å². The Morgan fingerprint density at radius 3 is 1.88 bits per heavy atom. The maximum absolute atomic E-state index is 8.35. The van der Waals surface area contributed by atoms with Gasteiger partial charge in [0.15, 0.2) is 0 Å². The topological polar surface area (TPSA) is 91.1 Å². The van der Waals surface area contributed by atoms with Crippen LogP contribution < -0.4 is 4.74 Å². The van der Waals surface area contributed by atoms with Gasteiger partial charge in [0, 0.05) is 0 Å². The Morgan fingerprint density at radius 1 is 1.12 bits per heavy atom. The summed E-state index contributed by atoms with van der Waals surface area (Å²) in [5.41, 5.74) is 0. The van der Waals surface area contributed by atoms with Crippen LogP contribution in [0, 0.1) is 16.7 Å². The quantitative estimate of drug-likeness (QED) is 0.624. The zero-order chi connectivity index (χ0) is 13.5. The van der Waals surface area contributed by atoms with Crippen molar-refractivity contribution in [2.75, 3.05) is 6.61 Å². The molecule has 1 aromatic carbocycles. The van der Waals surface area contributed by atoms with Gasteiger partial charge in [-0.25, -0.2) is 20.4 Å². The lowest BCUT2D eigenvalue weighted by Crippen LogP contribution is -2.03. The summed E-state index contributed by atoms with van der Waals surface area (Å²) >= 11 is 0. The first kappa shape index (κ1) is 17.2. The number of benzene rings is 1. The van der Waals surface area contributed by atoms with Gasteiger partial charge in [0.2, 0.25) is 12.2 Å². The van der Waals surface area contributed by atoms with Gasteiger partial charge in [0.05, 0.1) is 6.61 Å². The fraction of sp³-hybridized carbons (Fsp3) is 0.333. The van der Waals surface area contributed by atoms with E-state index in [0.29, 0.717) is 5.92 Å². The third kappa shape index (κ3) is 16.5. The van der Waals surface area contributed by atoms with E-state index in [1.165, 1.54) is 0 Å². The molecule has 0 radical (unpaired) electrons. The van der Waals surface area contributed by atoms with Crippen LogP contribution >= 0.6 is 0 Å². The fourth-order valence-electron chi connectivity index (χ4n) is 0.780. The Balaban J connectivity index is 0. The van der Waals surface area contributed by atoms with E-state index in [0.717, 1.165) is 24.5 Å². The van der Waals surface area contributed by atoms with Gasteiger partial charge >= 0.3 is 0 Å². The second-order valence-corrected chi connectivity index (χ2v) is 3.22. The normalized spacial score (nSPS) is 7.47. The van der Waals surface area contributed by atoms with E-state index >= 15 is 0 Å². The zero-order valence-electron chi connectivity index (χ0n) is 9.90. The number of rotatable bonds is 3. The molecule has 1 rings (SSSR count). The molecule has 5 nitrogen and oxygen atoms in total. The van der Waals surface area contributed by atoms with Crippen LogP contribution in [0.3, 0.4) is 0 Å². The summed E-state index contributed by atoms with van der Waals surface area (Å²) in [6.07, 6.45) is 1.50. The van der Waals surface area contributed by atoms with Crippen molar-refractivity contribution < 1.29 is 14.3 Å². The van der Waals surface area contributed by atoms with E-state index in [1.807, 2.05) is 30.3 Å². The van der Waals surface area contributed by atoms with Crippen molar-refractivity contribution in [2.24, 2.45) is 5.92 Å². The minimum Gasteiger partial charge on any atom is -0.493 e. The zero-order valence-corrected chi connectivity index (χ0v) is 9.90. The lowest BCUT2D eigenvalue weighted by atomic mass is 10.2. The monoisotopic (exact) mass is 236 g/mol. The number of carbonyl (C=O) groups excluding carboxylic acids is 2. The van der Waals surface area contributed by atoms with E-state index < -0.39 is 0 Å². The summed E-state index contributed by atoms with van der Waals surface area (Å²) in [5.74, 6) is 1.55. The summed E-state index contributed by atoms with van der Waals surface area (Å²) in [5, 5.41) is 10.8. The number of nitrogens with one attached hydrogen (secondary N) is 2. The highest BCUT2D eigenvalue weighted by Crippen LogP contribution is 2.09. The van der Waals surface area contributed by atoms with Gasteiger partial charge in [0.1, 0.15) is 5.75 Å². The molecular formula is C12H16N2O3. The molecule has 0 saturated carbocycles. The van der Waals surface area contributed by atoms with Crippen molar-refractivity contribution in [2.45, 2.75) is 13.8 Å². The Kier molecular flexibility index (Phi) is 13.9. The number of isocyanates is 2. The first-order valence-electron chi connectivity index (χ1n) is 4.87. The molecule has 17 heavy (non-hydrogen) atoms. The number of ether oxygens (including phenoxy) is 1. The smallest absolute Gasteiger partial charge is 0.231 e. The molecule has 0 aliphatic carbocycles. The van der Waals surface area contributed by atoms with Crippen molar-refractivity contribution in [3.05, 3.63) is 30.3 Å². The first-order chi connectivity index (χ1) is 8.12. The largest absolute Gasteiger partial charge is 0.493 e. The number of hydrogen-bond acceptors (Lipinski definition) is 5. The van der Waals surface area contributed by atoms with Gasteiger partial charge in [-0.15, -0.1) is 0 Å². The molecule has 0 heterocycles. The maximum atomic E-state index is 8.35. The van der Waals surface area contributed by atoms with Crippen molar-refractivity contribution in [1.29, 1.82) is 10.8 Å². The van der Waals surface area contributed by atoms with Gasteiger partial charge in [-0.05, 0) is 18.1 Å². The van der Waals surface area contributed by atoms with E-state index in [-0.39, 0.29) is 0 Å². The third-order valence-electron chi connectivity index (χ3n) is 1.33. The van der Waals surface area contributed by atoms with Crippen molar-refractivity contribution in [1.82, 2.24) is 0 Å². The predicted molar refractivity (Wildman–Crippen MR) is 63.6 cm³/mol. The molecule has 92 valence electrons. The van der Waals surface area contributed by atoms with Crippen LogP contribution in [0.1, 0.15) is 13.8 Å². The molecular weight excluding hydrogens is 220 g/mol. The minimum atomic E-state index is 0.593. The van der Waals surface area contributed by atoms with Crippen LogP contribution in [0.2, 0.25) is 0 Å². The number of para-hydroxylation sites is 1. The Bertz CT molecular complexity index is 326. The lowest BCUT2D eigenvalue weighted by molar-refractivity contribution is 0.271. The molecule has 0 aromatic heterocycles. The van der Waals surface area contributed by atoms with Gasteiger partial charge < -0.3 is 4.74 Å². The fourth-order valence-corrected chi connectivity index (χ4v) is 0.780. The third-order valence-corrected chi connectivity index (χ3v) is 1.33. The molecule has 5 heteroatoms. The molecule has 0 bridgehead atoms. The molecule has 0 atom stereocenters. The van der Waals surface area contributed by atoms with Crippen LogP contribution in [0.15, 0.2) is 30.3 Å². The van der Waals surface area contributed by atoms with Crippen LogP contribution in [0.4, 0.5) is 0 Å². The summed E-state index contributed by atoms with van der Waals surface area (Å²) in [6.45, 7) is 5.08. The minimum absolute atomic E-state index is 0.593. The van der Waals surface area contributed by atoms with Crippen molar-refractivity contribution in [3.8, 4) is 5.75 Å². The van der Waals surface area contributed by atoms with E-state index in [1.54, 1.807) is 0 Å². The molecule has 0 spiro atoms. The van der Waals surface area contributed by atoms with Crippen LogP contribution in [-0.2, 0) is 9.59 Å². The van der Waals surface area contributed by atoms with Gasteiger partial charge in [-0.2, -0.15) is 0 Å². The summed E-state index contributed by atoms with van der Waals surface area (Å²) in [7, 11) is 0. The predicted octanol–water partition coefficient (Wildman–Crippen LogP) is 2.52. The Labute approximate surface area is 100 Å². The molecule has 0 saturated heterocycles. The van der Waals surface area contributed by atoms with Crippen molar-refractivity contribution in [3.63, 3.8) is 0 Å². The van der Waals surface area contributed by atoms with Gasteiger partial charge in [-0.1, -0.05) is 32.0 Å². The maximum Gasteiger partial charge on any atom is 0.231 e. The van der Waals surface area contributed by atoms with Crippen molar-refractivity contribution >= 4 is 12.2 Å². The molecule has 0 unspecified atom stereocenters. The molecule has 2 N–H and O–H groups in total. The molecule has 0 amide bonds. The van der Waals surface area contributed by atoms with Crippen LogP contribution in [-0.4, -0.2) is 18.8 Å².